The molecule has 9 heteroatoms. The van der Waals surface area contributed by atoms with Crippen LogP contribution >= 0.6 is 11.3 Å². The zero-order chi connectivity index (χ0) is 23.6. The predicted molar refractivity (Wildman–Crippen MR) is 132 cm³/mol. The number of aromatic nitrogens is 1. The van der Waals surface area contributed by atoms with Crippen LogP contribution in [0.2, 0.25) is 0 Å². The van der Waals surface area contributed by atoms with Crippen molar-refractivity contribution in [1.82, 2.24) is 9.88 Å². The van der Waals surface area contributed by atoms with Gasteiger partial charge in [-0.15, -0.1) is 0 Å². The van der Waals surface area contributed by atoms with Gasteiger partial charge in [-0.1, -0.05) is 36.5 Å². The van der Waals surface area contributed by atoms with Crippen LogP contribution in [0.25, 0.3) is 10.2 Å². The minimum Gasteiger partial charge on any atom is -0.379 e. The lowest BCUT2D eigenvalue weighted by atomic mass is 10.1. The number of amides is 1. The molecule has 176 valence electrons. The number of hydrogen-bond donors (Lipinski definition) is 0. The zero-order valence-corrected chi connectivity index (χ0v) is 20.8. The summed E-state index contributed by atoms with van der Waals surface area (Å²) in [6, 6.07) is 10.6. The summed E-state index contributed by atoms with van der Waals surface area (Å²) in [5.74, 6) is -0.408. The number of sulfone groups is 1. The molecule has 4 rings (SSSR count). The quantitative estimate of drug-likeness (QED) is 0.506. The highest BCUT2D eigenvalue weighted by Crippen LogP contribution is 2.33. The molecule has 2 heterocycles. The minimum atomic E-state index is -3.55. The molecule has 0 radical (unpaired) electrons. The van der Waals surface area contributed by atoms with Crippen molar-refractivity contribution in [2.75, 3.05) is 50.0 Å². The van der Waals surface area contributed by atoms with Crippen molar-refractivity contribution in [3.05, 3.63) is 53.1 Å². The number of thiazole rings is 1. The van der Waals surface area contributed by atoms with Gasteiger partial charge in [0.1, 0.15) is 0 Å². The standard InChI is InChI=1S/C24H29N3O4S2/c1-4-33(29,30)21-8-6-5-7-19(21)23(28)27(10-9-26-11-13-31-14-12-26)24-25-20-16-17(2)15-18(3)22(20)32-24/h5-8,15-16H,4,9-14H2,1-3H3. The van der Waals surface area contributed by atoms with Gasteiger partial charge >= 0.3 is 0 Å². The summed E-state index contributed by atoms with van der Waals surface area (Å²) < 4.78 is 31.9. The summed E-state index contributed by atoms with van der Waals surface area (Å²) in [5, 5.41) is 0.584. The first-order valence-corrected chi connectivity index (χ1v) is 13.6. The van der Waals surface area contributed by atoms with E-state index in [1.54, 1.807) is 30.0 Å². The third-order valence-corrected chi connectivity index (χ3v) is 8.88. The summed E-state index contributed by atoms with van der Waals surface area (Å²) in [7, 11) is -3.55. The van der Waals surface area contributed by atoms with Gasteiger partial charge in [0.15, 0.2) is 15.0 Å². The fourth-order valence-corrected chi connectivity index (χ4v) is 6.17. The Morgan fingerprint density at radius 2 is 1.91 bits per heavy atom. The Hall–Kier alpha value is -2.33. The molecule has 0 unspecified atom stereocenters. The maximum atomic E-state index is 13.8. The molecular weight excluding hydrogens is 458 g/mol. The van der Waals surface area contributed by atoms with E-state index in [0.717, 1.165) is 34.4 Å². The van der Waals surface area contributed by atoms with Gasteiger partial charge in [0.05, 0.1) is 39.6 Å². The van der Waals surface area contributed by atoms with E-state index in [-0.39, 0.29) is 22.1 Å². The number of benzene rings is 2. The number of ether oxygens (including phenoxy) is 1. The van der Waals surface area contributed by atoms with Gasteiger partial charge in [0.25, 0.3) is 5.91 Å². The van der Waals surface area contributed by atoms with Gasteiger partial charge in [-0.2, -0.15) is 0 Å². The highest BCUT2D eigenvalue weighted by molar-refractivity contribution is 7.91. The van der Waals surface area contributed by atoms with Crippen molar-refractivity contribution in [3.8, 4) is 0 Å². The first-order chi connectivity index (χ1) is 15.8. The molecular formula is C24H29N3O4S2. The third kappa shape index (κ3) is 5.11. The van der Waals surface area contributed by atoms with Crippen LogP contribution in [0, 0.1) is 13.8 Å². The van der Waals surface area contributed by atoms with Crippen LogP contribution in [-0.2, 0) is 14.6 Å². The number of nitrogens with zero attached hydrogens (tertiary/aromatic N) is 3. The molecule has 1 amide bonds. The lowest BCUT2D eigenvalue weighted by Gasteiger charge is -2.29. The number of rotatable bonds is 7. The van der Waals surface area contributed by atoms with Crippen LogP contribution in [0.3, 0.4) is 0 Å². The van der Waals surface area contributed by atoms with Gasteiger partial charge in [-0.25, -0.2) is 13.4 Å². The Labute approximate surface area is 198 Å². The topological polar surface area (TPSA) is 79.8 Å². The first kappa shape index (κ1) is 23.8. The lowest BCUT2D eigenvalue weighted by Crippen LogP contribution is -2.43. The molecule has 0 atom stereocenters. The average molecular weight is 488 g/mol. The molecule has 2 aromatic carbocycles. The second kappa shape index (κ2) is 9.89. The lowest BCUT2D eigenvalue weighted by molar-refractivity contribution is 0.0391. The zero-order valence-electron chi connectivity index (χ0n) is 19.2. The van der Waals surface area contributed by atoms with Crippen molar-refractivity contribution in [1.29, 1.82) is 0 Å². The normalized spacial score (nSPS) is 15.1. The van der Waals surface area contributed by atoms with Crippen LogP contribution < -0.4 is 4.90 Å². The van der Waals surface area contributed by atoms with Gasteiger partial charge in [0, 0.05) is 26.2 Å². The molecule has 0 saturated carbocycles. The number of aryl methyl sites for hydroxylation is 2. The molecule has 1 aliphatic heterocycles. The molecule has 1 fully saturated rings. The predicted octanol–water partition coefficient (Wildman–Crippen LogP) is 3.69. The fourth-order valence-electron chi connectivity index (χ4n) is 4.05. The molecule has 1 aromatic heterocycles. The Morgan fingerprint density at radius 3 is 2.64 bits per heavy atom. The van der Waals surface area contributed by atoms with Crippen molar-refractivity contribution in [2.24, 2.45) is 0 Å². The largest absolute Gasteiger partial charge is 0.379 e. The average Bonchev–Trinajstić information content (AvgIpc) is 3.24. The molecule has 1 saturated heterocycles. The van der Waals surface area contributed by atoms with Crippen molar-refractivity contribution >= 4 is 42.4 Å². The second-order valence-electron chi connectivity index (χ2n) is 8.24. The molecule has 0 N–H and O–H groups in total. The molecule has 7 nitrogen and oxygen atoms in total. The van der Waals surface area contributed by atoms with E-state index in [4.69, 9.17) is 9.72 Å². The smallest absolute Gasteiger partial charge is 0.261 e. The number of hydrogen-bond acceptors (Lipinski definition) is 7. The van der Waals surface area contributed by atoms with Crippen LogP contribution in [0.4, 0.5) is 5.13 Å². The van der Waals surface area contributed by atoms with Gasteiger partial charge < -0.3 is 4.74 Å². The number of fused-ring (bicyclic) bond motifs is 1. The van der Waals surface area contributed by atoms with E-state index in [1.807, 2.05) is 19.9 Å². The van der Waals surface area contributed by atoms with Gasteiger partial charge in [0.2, 0.25) is 0 Å². The number of carbonyl (C=O) groups excluding carboxylic acids is 1. The van der Waals surface area contributed by atoms with Crippen LogP contribution in [0.1, 0.15) is 28.4 Å². The molecule has 1 aliphatic rings. The van der Waals surface area contributed by atoms with Crippen LogP contribution in [0.15, 0.2) is 41.3 Å². The highest BCUT2D eigenvalue weighted by atomic mass is 32.2. The van der Waals surface area contributed by atoms with Crippen molar-refractivity contribution in [2.45, 2.75) is 25.7 Å². The summed E-state index contributed by atoms with van der Waals surface area (Å²) >= 11 is 1.47. The van der Waals surface area contributed by atoms with Crippen LogP contribution in [-0.4, -0.2) is 69.4 Å². The number of carbonyl (C=O) groups is 1. The highest BCUT2D eigenvalue weighted by Gasteiger charge is 2.28. The van der Waals surface area contributed by atoms with Crippen molar-refractivity contribution in [3.63, 3.8) is 0 Å². The number of morpholine rings is 1. The number of anilines is 1. The Kier molecular flexibility index (Phi) is 7.13. The molecule has 0 aliphatic carbocycles. The summed E-state index contributed by atoms with van der Waals surface area (Å²) in [6.45, 7) is 9.69. The van der Waals surface area contributed by atoms with E-state index in [9.17, 15) is 13.2 Å². The van der Waals surface area contributed by atoms with Crippen molar-refractivity contribution < 1.29 is 17.9 Å². The summed E-state index contributed by atoms with van der Waals surface area (Å²) in [4.78, 5) is 22.6. The van der Waals surface area contributed by atoms with E-state index in [0.29, 0.717) is 31.4 Å². The summed E-state index contributed by atoms with van der Waals surface area (Å²) in [5.41, 5.74) is 3.27. The Balaban J connectivity index is 1.75. The maximum absolute atomic E-state index is 13.8. The van der Waals surface area contributed by atoms with E-state index < -0.39 is 9.84 Å². The van der Waals surface area contributed by atoms with E-state index in [2.05, 4.69) is 11.0 Å². The molecule has 0 spiro atoms. The molecule has 33 heavy (non-hydrogen) atoms. The van der Waals surface area contributed by atoms with E-state index in [1.165, 1.54) is 17.4 Å². The summed E-state index contributed by atoms with van der Waals surface area (Å²) in [6.07, 6.45) is 0. The van der Waals surface area contributed by atoms with Gasteiger partial charge in [-0.05, 0) is 43.2 Å². The monoisotopic (exact) mass is 487 g/mol. The fraction of sp³-hybridized carbons (Fsp3) is 0.417. The first-order valence-electron chi connectivity index (χ1n) is 11.1. The Morgan fingerprint density at radius 1 is 1.18 bits per heavy atom. The minimum absolute atomic E-state index is 0.0648. The second-order valence-corrected chi connectivity index (χ2v) is 11.5. The van der Waals surface area contributed by atoms with E-state index >= 15 is 0 Å². The maximum Gasteiger partial charge on any atom is 0.261 e. The van der Waals surface area contributed by atoms with Crippen LogP contribution in [0.5, 0.6) is 0 Å². The Bertz CT molecular complexity index is 1260. The molecule has 3 aromatic rings. The third-order valence-electron chi connectivity index (χ3n) is 5.86. The SMILES string of the molecule is CCS(=O)(=O)c1ccccc1C(=O)N(CCN1CCOCC1)c1nc2cc(C)cc(C)c2s1. The van der Waals surface area contributed by atoms with Gasteiger partial charge in [-0.3, -0.25) is 14.6 Å². The molecule has 0 bridgehead atoms.